The highest BCUT2D eigenvalue weighted by atomic mass is 16.6. The number of esters is 1. The number of aliphatic hydroxyl groups is 1. The predicted molar refractivity (Wildman–Crippen MR) is 107 cm³/mol. The fourth-order valence-electron chi connectivity index (χ4n) is 6.51. The van der Waals surface area contributed by atoms with E-state index in [1.807, 2.05) is 24.3 Å². The first-order valence-electron chi connectivity index (χ1n) is 10.6. The first-order valence-corrected chi connectivity index (χ1v) is 10.6. The number of piperidine rings is 1. The Morgan fingerprint density at radius 3 is 2.86 bits per heavy atom. The summed E-state index contributed by atoms with van der Waals surface area (Å²) in [5.41, 5.74) is 2.84. The summed E-state index contributed by atoms with van der Waals surface area (Å²) >= 11 is 0. The van der Waals surface area contributed by atoms with Crippen molar-refractivity contribution < 1.29 is 19.4 Å². The van der Waals surface area contributed by atoms with Crippen molar-refractivity contribution in [2.75, 3.05) is 13.6 Å². The van der Waals surface area contributed by atoms with Crippen molar-refractivity contribution in [3.63, 3.8) is 0 Å². The molecule has 150 valence electrons. The molecule has 6 rings (SSSR count). The van der Waals surface area contributed by atoms with E-state index in [-0.39, 0.29) is 17.5 Å². The van der Waals surface area contributed by atoms with Crippen LogP contribution in [-0.4, -0.2) is 47.8 Å². The molecule has 1 spiro atoms. The summed E-state index contributed by atoms with van der Waals surface area (Å²) in [7, 11) is 2.22. The van der Waals surface area contributed by atoms with Crippen LogP contribution in [0.1, 0.15) is 40.7 Å². The maximum absolute atomic E-state index is 12.7. The SMILES string of the molecule is CN1CC[C@]23c4c5ccc(OC(=O)c6ccccc6)c4O[C@H]2[C@@H](O)CC[C@H]3[C@H]1C5. The first kappa shape index (κ1) is 17.5. The van der Waals surface area contributed by atoms with Crippen molar-refractivity contribution in [2.24, 2.45) is 5.92 Å². The number of carbonyl (C=O) groups excluding carboxylic acids is 1. The topological polar surface area (TPSA) is 59.0 Å². The summed E-state index contributed by atoms with van der Waals surface area (Å²) in [6, 6.07) is 13.5. The third kappa shape index (κ3) is 2.26. The van der Waals surface area contributed by atoms with E-state index in [0.29, 0.717) is 29.0 Å². The van der Waals surface area contributed by atoms with E-state index in [1.54, 1.807) is 12.1 Å². The first-order chi connectivity index (χ1) is 14.1. The molecule has 0 unspecified atom stereocenters. The van der Waals surface area contributed by atoms with Crippen molar-refractivity contribution in [1.82, 2.24) is 4.90 Å². The van der Waals surface area contributed by atoms with Crippen LogP contribution in [0.15, 0.2) is 42.5 Å². The van der Waals surface area contributed by atoms with Crippen LogP contribution in [0, 0.1) is 5.92 Å². The van der Waals surface area contributed by atoms with Crippen LogP contribution < -0.4 is 9.47 Å². The molecule has 2 aromatic rings. The largest absolute Gasteiger partial charge is 0.483 e. The lowest BCUT2D eigenvalue weighted by Gasteiger charge is -2.58. The molecular weight excluding hydrogens is 366 g/mol. The zero-order valence-corrected chi connectivity index (χ0v) is 16.5. The highest BCUT2D eigenvalue weighted by Gasteiger charge is 2.65. The Morgan fingerprint density at radius 2 is 2.03 bits per heavy atom. The lowest BCUT2D eigenvalue weighted by atomic mass is 9.51. The van der Waals surface area contributed by atoms with Gasteiger partial charge in [-0.15, -0.1) is 0 Å². The summed E-state index contributed by atoms with van der Waals surface area (Å²) in [4.78, 5) is 15.2. The minimum Gasteiger partial charge on any atom is -0.483 e. The predicted octanol–water partition coefficient (Wildman–Crippen LogP) is 2.94. The van der Waals surface area contributed by atoms with E-state index in [9.17, 15) is 9.90 Å². The Kier molecular flexibility index (Phi) is 3.66. The Morgan fingerprint density at radius 1 is 1.21 bits per heavy atom. The maximum Gasteiger partial charge on any atom is 0.343 e. The molecule has 2 bridgehead atoms. The second-order valence-corrected chi connectivity index (χ2v) is 9.01. The average Bonchev–Trinajstić information content (AvgIpc) is 3.10. The number of likely N-dealkylation sites (N-methyl/N-ethyl adjacent to an activating group) is 1. The van der Waals surface area contributed by atoms with Gasteiger partial charge in [0.15, 0.2) is 11.5 Å². The van der Waals surface area contributed by atoms with Crippen LogP contribution in [-0.2, 0) is 11.8 Å². The lowest BCUT2D eigenvalue weighted by Crippen LogP contribution is -2.66. The van der Waals surface area contributed by atoms with Gasteiger partial charge in [-0.25, -0.2) is 4.79 Å². The van der Waals surface area contributed by atoms with E-state index in [2.05, 4.69) is 18.0 Å². The summed E-state index contributed by atoms with van der Waals surface area (Å²) in [6.45, 7) is 1.00. The van der Waals surface area contributed by atoms with E-state index in [1.165, 1.54) is 11.1 Å². The summed E-state index contributed by atoms with van der Waals surface area (Å²) in [5.74, 6) is 1.26. The Hall–Kier alpha value is -2.37. The monoisotopic (exact) mass is 391 g/mol. The molecule has 29 heavy (non-hydrogen) atoms. The number of aliphatic hydroxyl groups excluding tert-OH is 1. The Bertz CT molecular complexity index is 990. The smallest absolute Gasteiger partial charge is 0.343 e. The van der Waals surface area contributed by atoms with E-state index in [4.69, 9.17) is 9.47 Å². The van der Waals surface area contributed by atoms with Crippen LogP contribution in [0.5, 0.6) is 11.5 Å². The van der Waals surface area contributed by atoms with Crippen molar-refractivity contribution in [3.8, 4) is 11.5 Å². The quantitative estimate of drug-likeness (QED) is 0.630. The molecule has 5 atom stereocenters. The number of ether oxygens (including phenoxy) is 2. The van der Waals surface area contributed by atoms with Gasteiger partial charge in [-0.3, -0.25) is 0 Å². The molecule has 1 N–H and O–H groups in total. The number of likely N-dealkylation sites (tertiary alicyclic amines) is 1. The molecule has 0 radical (unpaired) electrons. The van der Waals surface area contributed by atoms with Crippen LogP contribution >= 0.6 is 0 Å². The maximum atomic E-state index is 12.7. The second kappa shape index (κ2) is 6.07. The fourth-order valence-corrected chi connectivity index (χ4v) is 6.51. The van der Waals surface area contributed by atoms with Crippen LogP contribution in [0.4, 0.5) is 0 Å². The Balaban J connectivity index is 1.47. The van der Waals surface area contributed by atoms with Gasteiger partial charge in [0.25, 0.3) is 0 Å². The third-order valence-electron chi connectivity index (χ3n) is 7.76. The van der Waals surface area contributed by atoms with Gasteiger partial charge in [0.2, 0.25) is 0 Å². The standard InChI is InChI=1S/C24H25NO4/c1-25-12-11-24-16-8-9-18(26)22(24)29-21-19(10-7-15(20(21)24)13-17(16)25)28-23(27)14-5-3-2-4-6-14/h2-7,10,16-18,22,26H,8-9,11-13H2,1H3/t16-,17+,18-,22-,24-/m0/s1. The molecule has 5 heteroatoms. The molecular formula is C24H25NO4. The number of carbonyl (C=O) groups is 1. The van der Waals surface area contributed by atoms with E-state index >= 15 is 0 Å². The van der Waals surface area contributed by atoms with Gasteiger partial charge in [-0.2, -0.15) is 0 Å². The van der Waals surface area contributed by atoms with E-state index < -0.39 is 6.10 Å². The fraction of sp³-hybridized carbons (Fsp3) is 0.458. The molecule has 5 nitrogen and oxygen atoms in total. The Labute approximate surface area is 170 Å². The average molecular weight is 391 g/mol. The second-order valence-electron chi connectivity index (χ2n) is 9.01. The summed E-state index contributed by atoms with van der Waals surface area (Å²) in [5, 5.41) is 10.9. The third-order valence-corrected chi connectivity index (χ3v) is 7.76. The number of rotatable bonds is 2. The van der Waals surface area contributed by atoms with Gasteiger partial charge in [0.1, 0.15) is 6.10 Å². The highest BCUT2D eigenvalue weighted by molar-refractivity contribution is 5.91. The molecule has 2 fully saturated rings. The molecule has 0 aromatic heterocycles. The van der Waals surface area contributed by atoms with Gasteiger partial charge in [0, 0.05) is 17.0 Å². The number of hydrogen-bond donors (Lipinski definition) is 1. The number of hydrogen-bond acceptors (Lipinski definition) is 5. The van der Waals surface area contributed by atoms with Gasteiger partial charge in [-0.1, -0.05) is 24.3 Å². The van der Waals surface area contributed by atoms with Gasteiger partial charge < -0.3 is 19.5 Å². The number of nitrogens with zero attached hydrogens (tertiary/aromatic N) is 1. The molecule has 2 heterocycles. The zero-order valence-electron chi connectivity index (χ0n) is 16.5. The van der Waals surface area contributed by atoms with Crippen molar-refractivity contribution in [1.29, 1.82) is 0 Å². The van der Waals surface area contributed by atoms with Crippen LogP contribution in [0.25, 0.3) is 0 Å². The van der Waals surface area contributed by atoms with Crippen molar-refractivity contribution in [3.05, 3.63) is 59.2 Å². The molecule has 1 saturated carbocycles. The number of benzene rings is 2. The van der Waals surface area contributed by atoms with Gasteiger partial charge in [-0.05, 0) is 69.0 Å². The normalized spacial score (nSPS) is 34.3. The van der Waals surface area contributed by atoms with E-state index in [0.717, 1.165) is 32.2 Å². The molecule has 2 aliphatic carbocycles. The van der Waals surface area contributed by atoms with Gasteiger partial charge in [0.05, 0.1) is 11.7 Å². The summed E-state index contributed by atoms with van der Waals surface area (Å²) in [6.07, 6.45) is 3.02. The highest BCUT2D eigenvalue weighted by Crippen LogP contribution is 2.63. The zero-order chi connectivity index (χ0) is 19.8. The molecule has 4 aliphatic rings. The molecule has 1 saturated heterocycles. The lowest BCUT2D eigenvalue weighted by molar-refractivity contribution is -0.0993. The van der Waals surface area contributed by atoms with Crippen LogP contribution in [0.3, 0.4) is 0 Å². The van der Waals surface area contributed by atoms with Crippen molar-refractivity contribution in [2.45, 2.75) is 49.3 Å². The molecule has 2 aliphatic heterocycles. The van der Waals surface area contributed by atoms with Gasteiger partial charge >= 0.3 is 5.97 Å². The molecule has 0 amide bonds. The summed E-state index contributed by atoms with van der Waals surface area (Å²) < 4.78 is 12.2. The molecule has 2 aromatic carbocycles. The minimum absolute atomic E-state index is 0.160. The van der Waals surface area contributed by atoms with Crippen molar-refractivity contribution >= 4 is 5.97 Å². The van der Waals surface area contributed by atoms with Crippen LogP contribution in [0.2, 0.25) is 0 Å². The minimum atomic E-state index is -0.480.